The summed E-state index contributed by atoms with van der Waals surface area (Å²) in [7, 11) is 0. The maximum absolute atomic E-state index is 11.9. The Kier molecular flexibility index (Phi) is 4.07. The third-order valence-corrected chi connectivity index (χ3v) is 8.36. The van der Waals surface area contributed by atoms with E-state index in [0.717, 1.165) is 43.4 Å². The highest BCUT2D eigenvalue weighted by atomic mass is 16.1. The van der Waals surface area contributed by atoms with E-state index in [-0.39, 0.29) is 5.41 Å². The first kappa shape index (κ1) is 16.3. The summed E-state index contributed by atoms with van der Waals surface area (Å²) in [4.78, 5) is 22.5. The Morgan fingerprint density at radius 1 is 1.17 bits per heavy atom. The molecule has 0 amide bonds. The van der Waals surface area contributed by atoms with Crippen molar-refractivity contribution in [3.05, 3.63) is 17.7 Å². The molecule has 0 aromatic heterocycles. The van der Waals surface area contributed by atoms with Crippen LogP contribution in [0.25, 0.3) is 0 Å². The SMILES string of the molecule is C[C@]12CCC(=O)C=C1CC[C@H]1[C@@H]3CCC[C@@]3(CCC=C=O)CC[C@@H]12. The van der Waals surface area contributed by atoms with Gasteiger partial charge >= 0.3 is 0 Å². The summed E-state index contributed by atoms with van der Waals surface area (Å²) >= 11 is 0. The van der Waals surface area contributed by atoms with Crippen molar-refractivity contribution in [1.29, 1.82) is 0 Å². The molecular weight excluding hydrogens is 296 g/mol. The van der Waals surface area contributed by atoms with Crippen molar-refractivity contribution in [2.75, 3.05) is 0 Å². The van der Waals surface area contributed by atoms with E-state index >= 15 is 0 Å². The quantitative estimate of drug-likeness (QED) is 0.680. The Hall–Kier alpha value is -1.14. The zero-order chi connectivity index (χ0) is 16.8. The average molecular weight is 326 g/mol. The average Bonchev–Trinajstić information content (AvgIpc) is 3.00. The van der Waals surface area contributed by atoms with Crippen LogP contribution in [0, 0.1) is 28.6 Å². The number of allylic oxidation sites excluding steroid dienone is 2. The normalized spacial score (nSPS) is 44.0. The van der Waals surface area contributed by atoms with Gasteiger partial charge in [0.2, 0.25) is 0 Å². The van der Waals surface area contributed by atoms with E-state index in [1.165, 1.54) is 50.5 Å². The van der Waals surface area contributed by atoms with E-state index in [4.69, 9.17) is 0 Å². The molecule has 2 heteroatoms. The van der Waals surface area contributed by atoms with Crippen LogP contribution in [0.1, 0.15) is 77.6 Å². The van der Waals surface area contributed by atoms with E-state index < -0.39 is 0 Å². The van der Waals surface area contributed by atoms with Crippen molar-refractivity contribution in [2.45, 2.75) is 77.6 Å². The molecule has 0 radical (unpaired) electrons. The fourth-order valence-electron chi connectivity index (χ4n) is 7.21. The maximum Gasteiger partial charge on any atom is 0.155 e. The Morgan fingerprint density at radius 3 is 2.88 bits per heavy atom. The first-order valence-electron chi connectivity index (χ1n) is 10.0. The van der Waals surface area contributed by atoms with E-state index in [0.29, 0.717) is 11.2 Å². The molecule has 0 aromatic rings. The Labute approximate surface area is 145 Å². The maximum atomic E-state index is 11.9. The highest BCUT2D eigenvalue weighted by Crippen LogP contribution is 2.66. The molecular formula is C22H30O2. The number of carbonyl (C=O) groups excluding carboxylic acids is 2. The molecule has 4 rings (SSSR count). The van der Waals surface area contributed by atoms with Gasteiger partial charge in [-0.25, -0.2) is 4.79 Å². The molecule has 0 unspecified atom stereocenters. The van der Waals surface area contributed by atoms with Crippen LogP contribution in [0.15, 0.2) is 17.7 Å². The number of ketones is 1. The molecule has 0 saturated heterocycles. The lowest BCUT2D eigenvalue weighted by Gasteiger charge is -2.58. The van der Waals surface area contributed by atoms with Gasteiger partial charge in [-0.2, -0.15) is 0 Å². The van der Waals surface area contributed by atoms with Gasteiger partial charge in [-0.05, 0) is 98.5 Å². The summed E-state index contributed by atoms with van der Waals surface area (Å²) in [6, 6.07) is 0. The van der Waals surface area contributed by atoms with Gasteiger partial charge in [-0.3, -0.25) is 4.79 Å². The molecule has 0 N–H and O–H groups in total. The topological polar surface area (TPSA) is 34.1 Å². The molecule has 3 saturated carbocycles. The Balaban J connectivity index is 1.61. The predicted molar refractivity (Wildman–Crippen MR) is 95.2 cm³/mol. The van der Waals surface area contributed by atoms with Gasteiger partial charge in [0.25, 0.3) is 0 Å². The van der Waals surface area contributed by atoms with Crippen LogP contribution in [-0.2, 0) is 9.59 Å². The molecule has 130 valence electrons. The van der Waals surface area contributed by atoms with E-state index in [1.807, 2.05) is 12.0 Å². The van der Waals surface area contributed by atoms with Gasteiger partial charge in [-0.15, -0.1) is 0 Å². The number of carbonyl (C=O) groups is 1. The number of rotatable bonds is 3. The zero-order valence-corrected chi connectivity index (χ0v) is 15.0. The van der Waals surface area contributed by atoms with Crippen LogP contribution < -0.4 is 0 Å². The minimum atomic E-state index is 0.286. The molecule has 0 bridgehead atoms. The van der Waals surface area contributed by atoms with Crippen molar-refractivity contribution in [1.82, 2.24) is 0 Å². The summed E-state index contributed by atoms with van der Waals surface area (Å²) in [6.45, 7) is 2.46. The summed E-state index contributed by atoms with van der Waals surface area (Å²) in [5.74, 6) is 4.81. The van der Waals surface area contributed by atoms with Gasteiger partial charge in [0.1, 0.15) is 5.94 Å². The number of fused-ring (bicyclic) bond motifs is 5. The minimum Gasteiger partial charge on any atom is -0.295 e. The molecule has 2 nitrogen and oxygen atoms in total. The van der Waals surface area contributed by atoms with Crippen LogP contribution >= 0.6 is 0 Å². The fourth-order valence-corrected chi connectivity index (χ4v) is 7.21. The zero-order valence-electron chi connectivity index (χ0n) is 15.0. The van der Waals surface area contributed by atoms with Crippen molar-refractivity contribution in [3.8, 4) is 0 Å². The monoisotopic (exact) mass is 326 g/mol. The van der Waals surface area contributed by atoms with Gasteiger partial charge in [-0.1, -0.05) is 18.9 Å². The van der Waals surface area contributed by atoms with Crippen molar-refractivity contribution >= 4 is 11.7 Å². The Morgan fingerprint density at radius 2 is 2.04 bits per heavy atom. The minimum absolute atomic E-state index is 0.286. The molecule has 4 aliphatic rings. The van der Waals surface area contributed by atoms with Crippen molar-refractivity contribution in [3.63, 3.8) is 0 Å². The molecule has 0 aliphatic heterocycles. The predicted octanol–water partition coefficient (Wildman–Crippen LogP) is 5.06. The smallest absolute Gasteiger partial charge is 0.155 e. The fraction of sp³-hybridized carbons (Fsp3) is 0.773. The lowest BCUT2D eigenvalue weighted by atomic mass is 9.47. The third kappa shape index (κ3) is 2.37. The molecule has 3 fully saturated rings. The number of hydrogen-bond acceptors (Lipinski definition) is 2. The Bertz CT molecular complexity index is 611. The van der Waals surface area contributed by atoms with Crippen molar-refractivity contribution in [2.24, 2.45) is 28.6 Å². The second-order valence-electron chi connectivity index (χ2n) is 9.12. The molecule has 24 heavy (non-hydrogen) atoms. The lowest BCUT2D eigenvalue weighted by molar-refractivity contribution is -0.117. The van der Waals surface area contributed by atoms with Crippen LogP contribution in [0.4, 0.5) is 0 Å². The third-order valence-electron chi connectivity index (χ3n) is 8.36. The van der Waals surface area contributed by atoms with Crippen LogP contribution in [0.5, 0.6) is 0 Å². The van der Waals surface area contributed by atoms with E-state index in [2.05, 4.69) is 6.92 Å². The van der Waals surface area contributed by atoms with Crippen LogP contribution in [0.3, 0.4) is 0 Å². The summed E-state index contributed by atoms with van der Waals surface area (Å²) < 4.78 is 0. The van der Waals surface area contributed by atoms with Gasteiger partial charge < -0.3 is 0 Å². The van der Waals surface area contributed by atoms with Crippen molar-refractivity contribution < 1.29 is 9.59 Å². The van der Waals surface area contributed by atoms with E-state index in [1.54, 1.807) is 6.08 Å². The van der Waals surface area contributed by atoms with E-state index in [9.17, 15) is 9.59 Å². The molecule has 0 aromatic carbocycles. The second-order valence-corrected chi connectivity index (χ2v) is 9.12. The molecule has 0 heterocycles. The lowest BCUT2D eigenvalue weighted by Crippen LogP contribution is -2.50. The van der Waals surface area contributed by atoms with Gasteiger partial charge in [0, 0.05) is 6.42 Å². The second kappa shape index (κ2) is 5.99. The van der Waals surface area contributed by atoms with Gasteiger partial charge in [0.05, 0.1) is 0 Å². The molecule has 4 aliphatic carbocycles. The first-order valence-corrected chi connectivity index (χ1v) is 10.0. The summed E-state index contributed by atoms with van der Waals surface area (Å²) in [5.41, 5.74) is 2.25. The standard InChI is InChI=1S/C22H30O2/c1-21-12-8-17(24)15-16(21)6-7-18-19(21)9-13-22(10-2-3-14-23)11-4-5-20(18)22/h3,15,18-20H,2,4-13H2,1H3/t18-,19+,20+,21+,22+/m1/s1. The van der Waals surface area contributed by atoms with Crippen LogP contribution in [-0.4, -0.2) is 11.7 Å². The van der Waals surface area contributed by atoms with Gasteiger partial charge in [0.15, 0.2) is 5.78 Å². The molecule has 0 spiro atoms. The highest BCUT2D eigenvalue weighted by Gasteiger charge is 2.57. The number of hydrogen-bond donors (Lipinski definition) is 0. The highest BCUT2D eigenvalue weighted by molar-refractivity contribution is 5.91. The largest absolute Gasteiger partial charge is 0.295 e. The first-order chi connectivity index (χ1) is 11.6. The molecule has 5 atom stereocenters. The van der Waals surface area contributed by atoms with Crippen LogP contribution in [0.2, 0.25) is 0 Å². The summed E-state index contributed by atoms with van der Waals surface area (Å²) in [5, 5.41) is 0. The summed E-state index contributed by atoms with van der Waals surface area (Å²) in [6.07, 6.45) is 16.9.